The van der Waals surface area contributed by atoms with Crippen molar-refractivity contribution in [3.05, 3.63) is 72.3 Å². The number of hydrogen-bond donors (Lipinski definition) is 4. The smallest absolute Gasteiger partial charge is 0.305 e. The van der Waals surface area contributed by atoms with Crippen molar-refractivity contribution >= 4 is 38.6 Å². The first kappa shape index (κ1) is 27.1. The quantitative estimate of drug-likeness (QED) is 0.275. The zero-order valence-corrected chi connectivity index (χ0v) is 21.5. The zero-order chi connectivity index (χ0) is 27.0. The monoisotopic (exact) mass is 538 g/mol. The summed E-state index contributed by atoms with van der Waals surface area (Å²) >= 11 is 0. The van der Waals surface area contributed by atoms with Crippen LogP contribution >= 0.6 is 0 Å². The highest BCUT2D eigenvalue weighted by atomic mass is 32.2. The number of hydrogen-bond acceptors (Lipinski definition) is 7. The van der Waals surface area contributed by atoms with E-state index in [0.29, 0.717) is 36.8 Å². The predicted octanol–water partition coefficient (Wildman–Crippen LogP) is 2.96. The van der Waals surface area contributed by atoms with Crippen LogP contribution < -0.4 is 20.1 Å². The lowest BCUT2D eigenvalue weighted by atomic mass is 10.0. The van der Waals surface area contributed by atoms with Crippen LogP contribution in [0, 0.1) is 0 Å². The summed E-state index contributed by atoms with van der Waals surface area (Å²) in [5, 5.41) is 16.8. The van der Waals surface area contributed by atoms with E-state index in [1.54, 1.807) is 36.4 Å². The molecule has 0 saturated carbocycles. The molecule has 0 spiro atoms. The summed E-state index contributed by atoms with van der Waals surface area (Å²) in [5.74, 6) is -0.250. The Morgan fingerprint density at radius 2 is 1.82 bits per heavy atom. The topological polar surface area (TPSA) is 146 Å². The fraction of sp³-hybridized carbons (Fsp3) is 0.296. The minimum absolute atomic E-state index is 0.0573. The Balaban J connectivity index is 1.34. The van der Waals surface area contributed by atoms with Gasteiger partial charge in [-0.15, -0.1) is 0 Å². The first-order valence-corrected chi connectivity index (χ1v) is 13.8. The number of sulfonamides is 1. The van der Waals surface area contributed by atoms with Crippen LogP contribution in [-0.4, -0.2) is 51.1 Å². The molecule has 0 radical (unpaired) electrons. The minimum Gasteiger partial charge on any atom is -0.494 e. The number of aliphatic imine (C=N–C) groups is 1. The maximum absolute atomic E-state index is 13.1. The van der Waals surface area contributed by atoms with Gasteiger partial charge in [-0.25, -0.2) is 13.1 Å². The van der Waals surface area contributed by atoms with Gasteiger partial charge in [0.15, 0.2) is 5.96 Å². The number of amides is 1. The van der Waals surface area contributed by atoms with E-state index in [9.17, 15) is 23.1 Å². The number of aliphatic carboxylic acids is 1. The number of rotatable bonds is 11. The van der Waals surface area contributed by atoms with Crippen molar-refractivity contribution in [3.8, 4) is 5.75 Å². The molecule has 0 bridgehead atoms. The maximum atomic E-state index is 13.1. The van der Waals surface area contributed by atoms with Gasteiger partial charge >= 0.3 is 5.97 Å². The molecule has 38 heavy (non-hydrogen) atoms. The van der Waals surface area contributed by atoms with E-state index in [2.05, 4.69) is 20.3 Å². The van der Waals surface area contributed by atoms with E-state index in [-0.39, 0.29) is 17.2 Å². The number of carbonyl (C=O) groups excluding carboxylic acids is 1. The van der Waals surface area contributed by atoms with Crippen molar-refractivity contribution in [3.63, 3.8) is 0 Å². The molecule has 0 aromatic heterocycles. The number of carbonyl (C=O) groups is 2. The number of nitrogens with zero attached hydrogens (tertiary/aromatic N) is 1. The molecule has 11 heteroatoms. The van der Waals surface area contributed by atoms with Gasteiger partial charge in [-0.1, -0.05) is 42.5 Å². The molecule has 4 rings (SSSR count). The highest BCUT2D eigenvalue weighted by Gasteiger charge is 2.24. The molecule has 10 nitrogen and oxygen atoms in total. The highest BCUT2D eigenvalue weighted by molar-refractivity contribution is 7.89. The first-order chi connectivity index (χ1) is 18.3. The molecule has 1 amide bonds. The van der Waals surface area contributed by atoms with Crippen LogP contribution in [0.3, 0.4) is 0 Å². The highest BCUT2D eigenvalue weighted by Crippen LogP contribution is 2.25. The van der Waals surface area contributed by atoms with E-state index in [0.717, 1.165) is 23.7 Å². The van der Waals surface area contributed by atoms with E-state index in [1.165, 1.54) is 6.07 Å². The summed E-state index contributed by atoms with van der Waals surface area (Å²) in [7, 11) is -3.99. The van der Waals surface area contributed by atoms with Crippen LogP contribution in [0.2, 0.25) is 0 Å². The molecule has 0 saturated heterocycles. The number of carboxylic acids is 1. The second-order valence-electron chi connectivity index (χ2n) is 8.86. The van der Waals surface area contributed by atoms with Gasteiger partial charge in [-0.2, -0.15) is 0 Å². The summed E-state index contributed by atoms with van der Waals surface area (Å²) < 4.78 is 34.4. The first-order valence-electron chi connectivity index (χ1n) is 12.3. The fourth-order valence-corrected chi connectivity index (χ4v) is 5.28. The van der Waals surface area contributed by atoms with Crippen LogP contribution in [-0.2, 0) is 19.6 Å². The minimum atomic E-state index is -3.99. The molecule has 1 heterocycles. The molecule has 0 aliphatic carbocycles. The molecular weight excluding hydrogens is 508 g/mol. The molecule has 0 fully saturated rings. The van der Waals surface area contributed by atoms with Gasteiger partial charge < -0.3 is 15.2 Å². The lowest BCUT2D eigenvalue weighted by Gasteiger charge is -2.18. The molecule has 3 aromatic carbocycles. The van der Waals surface area contributed by atoms with Crippen molar-refractivity contribution in [1.29, 1.82) is 0 Å². The molecule has 1 atom stereocenters. The van der Waals surface area contributed by atoms with Crippen molar-refractivity contribution < 1.29 is 27.9 Å². The standard InChI is InChI=1S/C27H30N4O6S/c32-25(30-27-28-14-4-15-29-27)7-3-16-37-22-11-8-20(9-12-22)24(18-26(33)34)31-38(35,36)23-13-10-19-5-1-2-6-21(19)17-23/h1-2,5-6,8-13,17,24,31H,3-4,7,14-16,18H2,(H,33,34)(H2,28,29,30,32)/t24-/m0/s1. The molecule has 1 aliphatic heterocycles. The summed E-state index contributed by atoms with van der Waals surface area (Å²) in [4.78, 5) is 27.8. The third-order valence-electron chi connectivity index (χ3n) is 5.96. The zero-order valence-electron chi connectivity index (χ0n) is 20.7. The molecular formula is C27H30N4O6S. The van der Waals surface area contributed by atoms with Crippen LogP contribution in [0.25, 0.3) is 10.8 Å². The maximum Gasteiger partial charge on any atom is 0.305 e. The number of carboxylic acid groups (broad SMARTS) is 1. The lowest BCUT2D eigenvalue weighted by Crippen LogP contribution is -2.43. The van der Waals surface area contributed by atoms with Gasteiger partial charge in [0.2, 0.25) is 15.9 Å². The van der Waals surface area contributed by atoms with Gasteiger partial charge in [-0.3, -0.25) is 19.9 Å². The van der Waals surface area contributed by atoms with Crippen molar-refractivity contribution in [2.24, 2.45) is 4.99 Å². The normalized spacial score (nSPS) is 14.3. The third-order valence-corrected chi connectivity index (χ3v) is 7.43. The van der Waals surface area contributed by atoms with Gasteiger partial charge in [-0.05, 0) is 53.4 Å². The summed E-state index contributed by atoms with van der Waals surface area (Å²) in [6.45, 7) is 1.79. The van der Waals surface area contributed by atoms with Gasteiger partial charge in [0.25, 0.3) is 0 Å². The molecule has 3 aromatic rings. The summed E-state index contributed by atoms with van der Waals surface area (Å²) in [6.07, 6.45) is 1.28. The molecule has 4 N–H and O–H groups in total. The SMILES string of the molecule is O=C(O)C[C@H](NS(=O)(=O)c1ccc2ccccc2c1)c1ccc(OCCCC(=O)NC2=NCCCN2)cc1. The lowest BCUT2D eigenvalue weighted by molar-refractivity contribution is -0.137. The van der Waals surface area contributed by atoms with E-state index in [4.69, 9.17) is 4.74 Å². The number of fused-ring (bicyclic) bond motifs is 1. The van der Waals surface area contributed by atoms with E-state index in [1.807, 2.05) is 24.3 Å². The molecule has 1 aliphatic rings. The molecule has 0 unspecified atom stereocenters. The average molecular weight is 539 g/mol. The Labute approximate surface area is 221 Å². The number of benzene rings is 3. The van der Waals surface area contributed by atoms with Crippen LogP contribution in [0.4, 0.5) is 0 Å². The second kappa shape index (κ2) is 12.5. The number of guanidine groups is 1. The van der Waals surface area contributed by atoms with Crippen molar-refractivity contribution in [2.75, 3.05) is 19.7 Å². The van der Waals surface area contributed by atoms with E-state index >= 15 is 0 Å². The van der Waals surface area contributed by atoms with Crippen LogP contribution in [0.5, 0.6) is 5.75 Å². The number of nitrogens with one attached hydrogen (secondary N) is 3. The Morgan fingerprint density at radius 3 is 2.53 bits per heavy atom. The Kier molecular flexibility index (Phi) is 8.93. The van der Waals surface area contributed by atoms with Crippen molar-refractivity contribution in [1.82, 2.24) is 15.4 Å². The number of ether oxygens (including phenoxy) is 1. The predicted molar refractivity (Wildman–Crippen MR) is 143 cm³/mol. The average Bonchev–Trinajstić information content (AvgIpc) is 2.91. The summed E-state index contributed by atoms with van der Waals surface area (Å²) in [6, 6.07) is 17.7. The van der Waals surface area contributed by atoms with Gasteiger partial charge in [0.1, 0.15) is 5.75 Å². The molecule has 200 valence electrons. The summed E-state index contributed by atoms with van der Waals surface area (Å²) in [5.41, 5.74) is 0.490. The van der Waals surface area contributed by atoms with Gasteiger partial charge in [0.05, 0.1) is 24.0 Å². The fourth-order valence-electron chi connectivity index (χ4n) is 4.02. The Hall–Kier alpha value is -3.96. The van der Waals surface area contributed by atoms with Crippen molar-refractivity contribution in [2.45, 2.75) is 36.6 Å². The van der Waals surface area contributed by atoms with E-state index < -0.39 is 28.5 Å². The third kappa shape index (κ3) is 7.53. The van der Waals surface area contributed by atoms with Gasteiger partial charge in [0, 0.05) is 19.5 Å². The van der Waals surface area contributed by atoms with Crippen LogP contribution in [0.1, 0.15) is 37.3 Å². The Bertz CT molecular complexity index is 1420. The second-order valence-corrected chi connectivity index (χ2v) is 10.6. The Morgan fingerprint density at radius 1 is 1.05 bits per heavy atom. The largest absolute Gasteiger partial charge is 0.494 e. The van der Waals surface area contributed by atoms with Crippen LogP contribution in [0.15, 0.2) is 76.6 Å².